The summed E-state index contributed by atoms with van der Waals surface area (Å²) in [4.78, 5) is 23.7. The van der Waals surface area contributed by atoms with Gasteiger partial charge >= 0.3 is 12.0 Å². The lowest BCUT2D eigenvalue weighted by atomic mass is 10.2. The van der Waals surface area contributed by atoms with Crippen LogP contribution in [0.15, 0.2) is 0 Å². The van der Waals surface area contributed by atoms with E-state index in [1.54, 1.807) is 20.9 Å². The Morgan fingerprint density at radius 3 is 2.53 bits per heavy atom. The molecule has 0 saturated carbocycles. The van der Waals surface area contributed by atoms with Crippen LogP contribution in [0.5, 0.6) is 0 Å². The van der Waals surface area contributed by atoms with Crippen molar-refractivity contribution in [1.82, 2.24) is 10.2 Å². The Morgan fingerprint density at radius 2 is 2.05 bits per heavy atom. The maximum Gasteiger partial charge on any atom is 0.317 e. The molecule has 0 spiro atoms. The van der Waals surface area contributed by atoms with Crippen molar-refractivity contribution in [2.75, 3.05) is 26.7 Å². The first-order valence-electron chi connectivity index (χ1n) is 6.37. The van der Waals surface area contributed by atoms with Crippen molar-refractivity contribution in [3.8, 4) is 0 Å². The molecule has 2 amide bonds. The fourth-order valence-electron chi connectivity index (χ4n) is 1.44. The van der Waals surface area contributed by atoms with Crippen LogP contribution in [0.4, 0.5) is 4.79 Å². The number of hydrogen-bond donors (Lipinski definition) is 3. The Balaban J connectivity index is 4.05. The molecule has 0 bridgehead atoms. The van der Waals surface area contributed by atoms with Gasteiger partial charge in [0, 0.05) is 26.7 Å². The molecule has 0 heterocycles. The van der Waals surface area contributed by atoms with E-state index < -0.39 is 18.2 Å². The number of ether oxygens (including phenoxy) is 1. The maximum atomic E-state index is 11.7. The maximum absolute atomic E-state index is 11.7. The van der Waals surface area contributed by atoms with Gasteiger partial charge in [0.15, 0.2) is 0 Å². The summed E-state index contributed by atoms with van der Waals surface area (Å²) in [5.41, 5.74) is 0. The third kappa shape index (κ3) is 9.26. The average molecular weight is 276 g/mol. The molecule has 0 aromatic carbocycles. The van der Waals surface area contributed by atoms with Crippen LogP contribution < -0.4 is 5.32 Å². The number of nitrogens with zero attached hydrogens (tertiary/aromatic N) is 1. The number of amides is 2. The zero-order chi connectivity index (χ0) is 14.8. The highest BCUT2D eigenvalue weighted by atomic mass is 16.5. The molecular weight excluding hydrogens is 252 g/mol. The third-order valence-electron chi connectivity index (χ3n) is 2.51. The summed E-state index contributed by atoms with van der Waals surface area (Å²) in [6.07, 6.45) is -0.644. The van der Waals surface area contributed by atoms with Crippen LogP contribution in [-0.4, -0.2) is 66.1 Å². The van der Waals surface area contributed by atoms with Crippen LogP contribution in [0.3, 0.4) is 0 Å². The molecule has 0 fully saturated rings. The number of aliphatic hydroxyl groups excluding tert-OH is 1. The van der Waals surface area contributed by atoms with E-state index in [2.05, 4.69) is 5.32 Å². The Bertz CT molecular complexity index is 283. The quantitative estimate of drug-likeness (QED) is 0.561. The number of carbonyl (C=O) groups excluding carboxylic acids is 1. The number of aliphatic hydroxyl groups is 1. The first kappa shape index (κ1) is 17.7. The summed E-state index contributed by atoms with van der Waals surface area (Å²) in [5, 5.41) is 20.4. The fraction of sp³-hybridized carbons (Fsp3) is 0.833. The first-order valence-corrected chi connectivity index (χ1v) is 6.37. The van der Waals surface area contributed by atoms with Gasteiger partial charge in [-0.1, -0.05) is 0 Å². The van der Waals surface area contributed by atoms with Crippen LogP contribution in [0.25, 0.3) is 0 Å². The normalized spacial score (nSPS) is 13.7. The predicted molar refractivity (Wildman–Crippen MR) is 70.0 cm³/mol. The van der Waals surface area contributed by atoms with Crippen molar-refractivity contribution in [3.05, 3.63) is 0 Å². The van der Waals surface area contributed by atoms with Gasteiger partial charge in [0.25, 0.3) is 0 Å². The molecule has 0 aromatic heterocycles. The van der Waals surface area contributed by atoms with E-state index in [4.69, 9.17) is 14.9 Å². The Labute approximate surface area is 113 Å². The lowest BCUT2D eigenvalue weighted by Gasteiger charge is -2.21. The summed E-state index contributed by atoms with van der Waals surface area (Å²) in [5.74, 6) is -0.963. The highest BCUT2D eigenvalue weighted by Gasteiger charge is 2.16. The number of aliphatic carboxylic acids is 1. The molecule has 0 aliphatic carbocycles. The van der Waals surface area contributed by atoms with Gasteiger partial charge in [-0.2, -0.15) is 0 Å². The molecule has 3 N–H and O–H groups in total. The second-order valence-corrected chi connectivity index (χ2v) is 4.42. The fourth-order valence-corrected chi connectivity index (χ4v) is 1.44. The summed E-state index contributed by atoms with van der Waals surface area (Å²) in [6, 6.07) is -0.309. The monoisotopic (exact) mass is 276 g/mol. The number of rotatable bonds is 9. The summed E-state index contributed by atoms with van der Waals surface area (Å²) < 4.78 is 5.23. The van der Waals surface area contributed by atoms with Crippen LogP contribution in [0.2, 0.25) is 0 Å². The molecule has 7 heteroatoms. The third-order valence-corrected chi connectivity index (χ3v) is 2.51. The topological polar surface area (TPSA) is 99.1 Å². The Kier molecular flexibility index (Phi) is 8.90. The van der Waals surface area contributed by atoms with Gasteiger partial charge in [0.1, 0.15) is 0 Å². The SMILES string of the molecule is CCOC(CNC(=O)N(C)CCC(C)O)CC(=O)O. The molecule has 0 aromatic rings. The molecule has 0 aliphatic heterocycles. The molecule has 0 saturated heterocycles. The van der Waals surface area contributed by atoms with Gasteiger partial charge in [-0.05, 0) is 20.3 Å². The molecule has 2 atom stereocenters. The molecule has 112 valence electrons. The zero-order valence-corrected chi connectivity index (χ0v) is 11.8. The predicted octanol–water partition coefficient (Wildman–Crippen LogP) is 0.279. The first-order chi connectivity index (χ1) is 8.86. The standard InChI is InChI=1S/C12H24N2O5/c1-4-19-10(7-11(16)17)8-13-12(18)14(3)6-5-9(2)15/h9-10,15H,4-8H2,1-3H3,(H,13,18)(H,16,17). The van der Waals surface area contributed by atoms with Gasteiger partial charge < -0.3 is 25.2 Å². The summed E-state index contributed by atoms with van der Waals surface area (Å²) in [6.45, 7) is 4.40. The number of hydrogen-bond acceptors (Lipinski definition) is 4. The highest BCUT2D eigenvalue weighted by Crippen LogP contribution is 1.99. The second-order valence-electron chi connectivity index (χ2n) is 4.42. The minimum Gasteiger partial charge on any atom is -0.481 e. The highest BCUT2D eigenvalue weighted by molar-refractivity contribution is 5.74. The van der Waals surface area contributed by atoms with Crippen molar-refractivity contribution in [1.29, 1.82) is 0 Å². The number of nitrogens with one attached hydrogen (secondary N) is 1. The smallest absolute Gasteiger partial charge is 0.317 e. The van der Waals surface area contributed by atoms with E-state index in [1.807, 2.05) is 0 Å². The van der Waals surface area contributed by atoms with Gasteiger partial charge in [-0.25, -0.2) is 4.79 Å². The van der Waals surface area contributed by atoms with E-state index in [9.17, 15) is 9.59 Å². The lowest BCUT2D eigenvalue weighted by Crippen LogP contribution is -2.42. The minimum absolute atomic E-state index is 0.147. The van der Waals surface area contributed by atoms with E-state index in [1.165, 1.54) is 4.90 Å². The number of carboxylic acid groups (broad SMARTS) is 1. The minimum atomic E-state index is -0.963. The largest absolute Gasteiger partial charge is 0.481 e. The number of carboxylic acids is 1. The van der Waals surface area contributed by atoms with E-state index in [-0.39, 0.29) is 19.0 Å². The molecule has 7 nitrogen and oxygen atoms in total. The van der Waals surface area contributed by atoms with Crippen molar-refractivity contribution >= 4 is 12.0 Å². The van der Waals surface area contributed by atoms with Crippen molar-refractivity contribution < 1.29 is 24.5 Å². The van der Waals surface area contributed by atoms with Crippen molar-refractivity contribution in [3.63, 3.8) is 0 Å². The average Bonchev–Trinajstić information content (AvgIpc) is 2.32. The lowest BCUT2D eigenvalue weighted by molar-refractivity contribution is -0.140. The van der Waals surface area contributed by atoms with Gasteiger partial charge in [-0.15, -0.1) is 0 Å². The van der Waals surface area contributed by atoms with Crippen molar-refractivity contribution in [2.24, 2.45) is 0 Å². The molecule has 2 unspecified atom stereocenters. The zero-order valence-electron chi connectivity index (χ0n) is 11.8. The summed E-state index contributed by atoms with van der Waals surface area (Å²) in [7, 11) is 1.62. The second kappa shape index (κ2) is 9.57. The Morgan fingerprint density at radius 1 is 1.42 bits per heavy atom. The number of carbonyl (C=O) groups is 2. The van der Waals surface area contributed by atoms with Crippen LogP contribution in [0.1, 0.15) is 26.7 Å². The van der Waals surface area contributed by atoms with Crippen LogP contribution in [0, 0.1) is 0 Å². The van der Waals surface area contributed by atoms with Gasteiger partial charge in [0.2, 0.25) is 0 Å². The number of urea groups is 1. The van der Waals surface area contributed by atoms with Crippen LogP contribution in [-0.2, 0) is 9.53 Å². The Hall–Kier alpha value is -1.34. The summed E-state index contributed by atoms with van der Waals surface area (Å²) >= 11 is 0. The molecule has 19 heavy (non-hydrogen) atoms. The van der Waals surface area contributed by atoms with Gasteiger partial charge in [0.05, 0.1) is 18.6 Å². The van der Waals surface area contributed by atoms with Gasteiger partial charge in [-0.3, -0.25) is 4.79 Å². The molecule has 0 radical (unpaired) electrons. The van der Waals surface area contributed by atoms with E-state index in [0.29, 0.717) is 19.6 Å². The molecule has 0 aliphatic rings. The van der Waals surface area contributed by atoms with Crippen LogP contribution >= 0.6 is 0 Å². The molecule has 0 rings (SSSR count). The van der Waals surface area contributed by atoms with E-state index >= 15 is 0 Å². The molecular formula is C12H24N2O5. The van der Waals surface area contributed by atoms with Crippen molar-refractivity contribution in [2.45, 2.75) is 38.9 Å². The van der Waals surface area contributed by atoms with E-state index in [0.717, 1.165) is 0 Å².